The molecule has 150 valence electrons. The lowest BCUT2D eigenvalue weighted by atomic mass is 9.92. The number of anilines is 1. The number of halogens is 1. The lowest BCUT2D eigenvalue weighted by Gasteiger charge is -2.35. The van der Waals surface area contributed by atoms with Crippen molar-refractivity contribution >= 4 is 17.6 Å². The maximum absolute atomic E-state index is 13.5. The highest BCUT2D eigenvalue weighted by molar-refractivity contribution is 5.84. The third-order valence-corrected chi connectivity index (χ3v) is 4.81. The molecular formula is C20H32FN5O. The summed E-state index contributed by atoms with van der Waals surface area (Å²) >= 11 is 0. The van der Waals surface area contributed by atoms with Gasteiger partial charge in [-0.05, 0) is 51.8 Å². The largest absolute Gasteiger partial charge is 0.369 e. The normalized spacial score (nSPS) is 18.2. The van der Waals surface area contributed by atoms with Crippen LogP contribution in [0.2, 0.25) is 0 Å². The van der Waals surface area contributed by atoms with Gasteiger partial charge in [-0.25, -0.2) is 4.39 Å². The Morgan fingerprint density at radius 3 is 2.81 bits per heavy atom. The highest BCUT2D eigenvalue weighted by Crippen LogP contribution is 2.21. The van der Waals surface area contributed by atoms with E-state index in [4.69, 9.17) is 0 Å². The smallest absolute Gasteiger partial charge is 0.227 e. The molecule has 1 atom stereocenters. The van der Waals surface area contributed by atoms with E-state index in [2.05, 4.69) is 25.8 Å². The summed E-state index contributed by atoms with van der Waals surface area (Å²) in [5.41, 5.74) is 0.371. The van der Waals surface area contributed by atoms with E-state index < -0.39 is 5.41 Å². The number of carbonyl (C=O) groups excluding carboxylic acids is 1. The van der Waals surface area contributed by atoms with Crippen LogP contribution in [0.25, 0.3) is 0 Å². The number of carbonyl (C=O) groups is 1. The molecule has 0 saturated carbocycles. The molecule has 1 amide bonds. The average Bonchev–Trinajstić information content (AvgIpc) is 2.65. The van der Waals surface area contributed by atoms with Crippen molar-refractivity contribution in [3.05, 3.63) is 30.1 Å². The molecule has 1 aromatic carbocycles. The van der Waals surface area contributed by atoms with Crippen molar-refractivity contribution in [1.29, 1.82) is 0 Å². The van der Waals surface area contributed by atoms with Crippen LogP contribution in [0.1, 0.15) is 33.6 Å². The third kappa shape index (κ3) is 6.12. The fourth-order valence-corrected chi connectivity index (χ4v) is 3.18. The van der Waals surface area contributed by atoms with Gasteiger partial charge in [-0.2, -0.15) is 0 Å². The lowest BCUT2D eigenvalue weighted by Crippen LogP contribution is -2.53. The first-order valence-corrected chi connectivity index (χ1v) is 9.61. The first kappa shape index (κ1) is 21.0. The molecule has 2 rings (SSSR count). The number of rotatable bonds is 6. The molecule has 1 saturated heterocycles. The summed E-state index contributed by atoms with van der Waals surface area (Å²) in [6, 6.07) is 6.93. The maximum atomic E-state index is 13.5. The van der Waals surface area contributed by atoms with Gasteiger partial charge in [0.25, 0.3) is 0 Å². The van der Waals surface area contributed by atoms with Gasteiger partial charge in [-0.3, -0.25) is 9.79 Å². The van der Waals surface area contributed by atoms with Crippen LogP contribution in [0.3, 0.4) is 0 Å². The van der Waals surface area contributed by atoms with Gasteiger partial charge in [0.1, 0.15) is 5.82 Å². The molecule has 27 heavy (non-hydrogen) atoms. The summed E-state index contributed by atoms with van der Waals surface area (Å²) in [5, 5.41) is 9.56. The van der Waals surface area contributed by atoms with E-state index in [9.17, 15) is 9.18 Å². The third-order valence-electron chi connectivity index (χ3n) is 4.81. The summed E-state index contributed by atoms with van der Waals surface area (Å²) in [6.07, 6.45) is 2.04. The van der Waals surface area contributed by atoms with E-state index in [1.54, 1.807) is 19.2 Å². The molecule has 1 aliphatic heterocycles. The SMILES string of the molecule is CCNC(=O)C(C)(C)CNC(=NC)NC1CCCN(c2cccc(F)c2)C1. The van der Waals surface area contributed by atoms with Gasteiger partial charge >= 0.3 is 0 Å². The van der Waals surface area contributed by atoms with E-state index >= 15 is 0 Å². The van der Waals surface area contributed by atoms with Crippen LogP contribution < -0.4 is 20.9 Å². The molecule has 0 aromatic heterocycles. The molecule has 1 heterocycles. The Bertz CT molecular complexity index is 662. The zero-order valence-electron chi connectivity index (χ0n) is 16.8. The second-order valence-electron chi connectivity index (χ2n) is 7.58. The summed E-state index contributed by atoms with van der Waals surface area (Å²) in [5.74, 6) is 0.481. The highest BCUT2D eigenvalue weighted by atomic mass is 19.1. The van der Waals surface area contributed by atoms with Crippen LogP contribution in [-0.4, -0.2) is 51.1 Å². The number of piperidine rings is 1. The molecule has 7 heteroatoms. The van der Waals surface area contributed by atoms with Gasteiger partial charge in [0.05, 0.1) is 5.41 Å². The summed E-state index contributed by atoms with van der Waals surface area (Å²) in [7, 11) is 1.72. The van der Waals surface area contributed by atoms with Gasteiger partial charge in [0.2, 0.25) is 5.91 Å². The highest BCUT2D eigenvalue weighted by Gasteiger charge is 2.28. The Labute approximate surface area is 161 Å². The molecule has 1 aliphatic rings. The van der Waals surface area contributed by atoms with E-state index in [0.717, 1.165) is 31.6 Å². The van der Waals surface area contributed by atoms with Crippen LogP contribution in [-0.2, 0) is 4.79 Å². The van der Waals surface area contributed by atoms with E-state index in [0.29, 0.717) is 19.0 Å². The Kier molecular flexibility index (Phi) is 7.45. The minimum atomic E-state index is -0.534. The lowest BCUT2D eigenvalue weighted by molar-refractivity contribution is -0.128. The Morgan fingerprint density at radius 2 is 2.15 bits per heavy atom. The van der Waals surface area contributed by atoms with Crippen molar-refractivity contribution in [1.82, 2.24) is 16.0 Å². The van der Waals surface area contributed by atoms with Gasteiger partial charge in [-0.1, -0.05) is 6.07 Å². The molecule has 0 spiro atoms. The monoisotopic (exact) mass is 377 g/mol. The predicted octanol–water partition coefficient (Wildman–Crippen LogP) is 2.12. The molecule has 1 aromatic rings. The first-order valence-electron chi connectivity index (χ1n) is 9.61. The van der Waals surface area contributed by atoms with Crippen LogP contribution in [0.4, 0.5) is 10.1 Å². The van der Waals surface area contributed by atoms with Gasteiger partial charge < -0.3 is 20.9 Å². The topological polar surface area (TPSA) is 68.8 Å². The van der Waals surface area contributed by atoms with Crippen LogP contribution >= 0.6 is 0 Å². The van der Waals surface area contributed by atoms with E-state index in [1.165, 1.54) is 6.07 Å². The quantitative estimate of drug-likeness (QED) is 0.525. The number of aliphatic imine (C=N–C) groups is 1. The van der Waals surface area contributed by atoms with Gasteiger partial charge in [0.15, 0.2) is 5.96 Å². The summed E-state index contributed by atoms with van der Waals surface area (Å²) in [6.45, 7) is 8.53. The average molecular weight is 378 g/mol. The number of benzene rings is 1. The molecular weight excluding hydrogens is 345 g/mol. The zero-order chi connectivity index (χ0) is 19.9. The molecule has 1 fully saturated rings. The maximum Gasteiger partial charge on any atom is 0.227 e. The van der Waals surface area contributed by atoms with Crippen molar-refractivity contribution in [3.63, 3.8) is 0 Å². The van der Waals surface area contributed by atoms with Crippen LogP contribution in [0, 0.1) is 11.2 Å². The van der Waals surface area contributed by atoms with Crippen molar-refractivity contribution in [2.24, 2.45) is 10.4 Å². The molecule has 1 unspecified atom stereocenters. The fraction of sp³-hybridized carbons (Fsp3) is 0.600. The molecule has 0 aliphatic carbocycles. The van der Waals surface area contributed by atoms with Crippen molar-refractivity contribution in [2.75, 3.05) is 38.1 Å². The van der Waals surface area contributed by atoms with E-state index in [1.807, 2.05) is 26.8 Å². The predicted molar refractivity (Wildman–Crippen MR) is 109 cm³/mol. The van der Waals surface area contributed by atoms with Crippen molar-refractivity contribution in [3.8, 4) is 0 Å². The minimum absolute atomic E-state index is 0.0166. The number of nitrogens with zero attached hydrogens (tertiary/aromatic N) is 2. The van der Waals surface area contributed by atoms with Crippen molar-refractivity contribution in [2.45, 2.75) is 39.7 Å². The number of hydrogen-bond acceptors (Lipinski definition) is 3. The number of nitrogens with one attached hydrogen (secondary N) is 3. The molecule has 0 bridgehead atoms. The number of hydrogen-bond donors (Lipinski definition) is 3. The summed E-state index contributed by atoms with van der Waals surface area (Å²) < 4.78 is 13.5. The fourth-order valence-electron chi connectivity index (χ4n) is 3.18. The summed E-state index contributed by atoms with van der Waals surface area (Å²) in [4.78, 5) is 18.6. The Balaban J connectivity index is 1.91. The van der Waals surface area contributed by atoms with Crippen molar-refractivity contribution < 1.29 is 9.18 Å². The zero-order valence-corrected chi connectivity index (χ0v) is 16.8. The minimum Gasteiger partial charge on any atom is -0.369 e. The standard InChI is InChI=1S/C20H32FN5O/c1-5-23-18(27)20(2,3)14-24-19(22-4)25-16-9-7-11-26(13-16)17-10-6-8-15(21)12-17/h6,8,10,12,16H,5,7,9,11,13-14H2,1-4H3,(H,23,27)(H2,22,24,25). The molecule has 0 radical (unpaired) electrons. The second-order valence-corrected chi connectivity index (χ2v) is 7.58. The van der Waals surface area contributed by atoms with Crippen LogP contribution in [0.15, 0.2) is 29.3 Å². The number of guanidine groups is 1. The number of amides is 1. The molecule has 3 N–H and O–H groups in total. The first-order chi connectivity index (χ1) is 12.9. The Hall–Kier alpha value is -2.31. The van der Waals surface area contributed by atoms with Crippen LogP contribution in [0.5, 0.6) is 0 Å². The molecule has 6 nitrogen and oxygen atoms in total. The van der Waals surface area contributed by atoms with E-state index in [-0.39, 0.29) is 17.8 Å². The van der Waals surface area contributed by atoms with Gasteiger partial charge in [0, 0.05) is 45.0 Å². The Morgan fingerprint density at radius 1 is 1.37 bits per heavy atom. The van der Waals surface area contributed by atoms with Gasteiger partial charge in [-0.15, -0.1) is 0 Å². The second kappa shape index (κ2) is 9.58.